The number of aromatic nitrogens is 2. The van der Waals surface area contributed by atoms with Crippen LogP contribution in [0.3, 0.4) is 0 Å². The first-order chi connectivity index (χ1) is 8.72. The zero-order valence-electron chi connectivity index (χ0n) is 11.6. The van der Waals surface area contributed by atoms with Gasteiger partial charge in [-0.1, -0.05) is 39.0 Å². The highest BCUT2D eigenvalue weighted by Crippen LogP contribution is 2.19. The van der Waals surface area contributed by atoms with Gasteiger partial charge in [-0.15, -0.1) is 0 Å². The molecular formula is C15H23N3. The molecule has 18 heavy (non-hydrogen) atoms. The van der Waals surface area contributed by atoms with E-state index in [-0.39, 0.29) is 0 Å². The van der Waals surface area contributed by atoms with Crippen LogP contribution in [0, 0.1) is 5.92 Å². The third-order valence-corrected chi connectivity index (χ3v) is 3.25. The molecule has 0 saturated carbocycles. The maximum absolute atomic E-state index is 4.54. The molecule has 0 spiro atoms. The van der Waals surface area contributed by atoms with Crippen molar-refractivity contribution >= 4 is 10.9 Å². The second kappa shape index (κ2) is 6.01. The van der Waals surface area contributed by atoms with Crippen LogP contribution in [0.15, 0.2) is 30.5 Å². The highest BCUT2D eigenvalue weighted by molar-refractivity contribution is 5.78. The van der Waals surface area contributed by atoms with Crippen LogP contribution in [0.2, 0.25) is 0 Å². The molecule has 1 aromatic heterocycles. The Morgan fingerprint density at radius 3 is 2.72 bits per heavy atom. The van der Waals surface area contributed by atoms with Crippen LogP contribution in [0.1, 0.15) is 33.2 Å². The summed E-state index contributed by atoms with van der Waals surface area (Å²) in [6.07, 6.45) is 3.05. The summed E-state index contributed by atoms with van der Waals surface area (Å²) in [5.41, 5.74) is 1.23. The van der Waals surface area contributed by atoms with E-state index < -0.39 is 0 Å². The second-order valence-corrected chi connectivity index (χ2v) is 5.26. The van der Waals surface area contributed by atoms with Crippen molar-refractivity contribution in [3.63, 3.8) is 0 Å². The maximum atomic E-state index is 4.54. The van der Waals surface area contributed by atoms with Crippen LogP contribution in [0.4, 0.5) is 0 Å². The van der Waals surface area contributed by atoms with E-state index in [0.29, 0.717) is 12.0 Å². The van der Waals surface area contributed by atoms with Crippen molar-refractivity contribution in [2.75, 3.05) is 13.1 Å². The number of para-hydroxylation sites is 1. The molecule has 0 radical (unpaired) electrons. The topological polar surface area (TPSA) is 29.9 Å². The van der Waals surface area contributed by atoms with Gasteiger partial charge in [0.2, 0.25) is 0 Å². The van der Waals surface area contributed by atoms with Crippen LogP contribution < -0.4 is 5.32 Å². The van der Waals surface area contributed by atoms with Gasteiger partial charge in [0.15, 0.2) is 0 Å². The van der Waals surface area contributed by atoms with Crippen LogP contribution >= 0.6 is 0 Å². The highest BCUT2D eigenvalue weighted by atomic mass is 15.3. The maximum Gasteiger partial charge on any atom is 0.0686 e. The monoisotopic (exact) mass is 245 g/mol. The summed E-state index contributed by atoms with van der Waals surface area (Å²) < 4.78 is 2.16. The Bertz CT molecular complexity index is 487. The lowest BCUT2D eigenvalue weighted by molar-refractivity contribution is 0.409. The van der Waals surface area contributed by atoms with Gasteiger partial charge in [0.1, 0.15) is 0 Å². The van der Waals surface area contributed by atoms with Crippen LogP contribution in [0.5, 0.6) is 0 Å². The summed E-state index contributed by atoms with van der Waals surface area (Å²) in [5.74, 6) is 0.692. The summed E-state index contributed by atoms with van der Waals surface area (Å²) in [6, 6.07) is 8.84. The SMILES string of the molecule is CCC(CNCC(C)C)n1ncc2ccccc21. The molecule has 0 aliphatic carbocycles. The molecule has 1 unspecified atom stereocenters. The predicted molar refractivity (Wildman–Crippen MR) is 76.8 cm³/mol. The first-order valence-corrected chi connectivity index (χ1v) is 6.85. The molecule has 0 aliphatic heterocycles. The molecule has 2 rings (SSSR count). The van der Waals surface area contributed by atoms with E-state index in [0.717, 1.165) is 19.5 Å². The smallest absolute Gasteiger partial charge is 0.0686 e. The van der Waals surface area contributed by atoms with Gasteiger partial charge in [0, 0.05) is 11.9 Å². The van der Waals surface area contributed by atoms with Crippen LogP contribution in [-0.2, 0) is 0 Å². The largest absolute Gasteiger partial charge is 0.314 e. The van der Waals surface area contributed by atoms with Crippen LogP contribution in [-0.4, -0.2) is 22.9 Å². The molecular weight excluding hydrogens is 222 g/mol. The minimum absolute atomic E-state index is 0.434. The number of hydrogen-bond acceptors (Lipinski definition) is 2. The molecule has 3 heteroatoms. The van der Waals surface area contributed by atoms with Gasteiger partial charge in [-0.25, -0.2) is 0 Å². The average Bonchev–Trinajstić information content (AvgIpc) is 2.78. The van der Waals surface area contributed by atoms with Gasteiger partial charge in [0.05, 0.1) is 17.8 Å². The van der Waals surface area contributed by atoms with Crippen molar-refractivity contribution in [3.8, 4) is 0 Å². The molecule has 1 aromatic carbocycles. The summed E-state index contributed by atoms with van der Waals surface area (Å²) in [5, 5.41) is 9.29. The first-order valence-electron chi connectivity index (χ1n) is 6.85. The fourth-order valence-electron chi connectivity index (χ4n) is 2.23. The van der Waals surface area contributed by atoms with E-state index in [1.165, 1.54) is 10.9 Å². The third-order valence-electron chi connectivity index (χ3n) is 3.25. The summed E-state index contributed by atoms with van der Waals surface area (Å²) in [4.78, 5) is 0. The third kappa shape index (κ3) is 2.91. The zero-order chi connectivity index (χ0) is 13.0. The van der Waals surface area contributed by atoms with Crippen molar-refractivity contribution < 1.29 is 0 Å². The first kappa shape index (κ1) is 13.1. The Morgan fingerprint density at radius 2 is 2.00 bits per heavy atom. The van der Waals surface area contributed by atoms with Gasteiger partial charge in [-0.2, -0.15) is 5.10 Å². The standard InChI is InChI=1S/C15H23N3/c1-4-14(11-16-9-12(2)3)18-15-8-6-5-7-13(15)10-17-18/h5-8,10,12,14,16H,4,9,11H2,1-3H3. The van der Waals surface area contributed by atoms with Crippen molar-refractivity contribution in [2.45, 2.75) is 33.2 Å². The summed E-state index contributed by atoms with van der Waals surface area (Å²) >= 11 is 0. The van der Waals surface area contributed by atoms with Crippen LogP contribution in [0.25, 0.3) is 10.9 Å². The lowest BCUT2D eigenvalue weighted by atomic mass is 10.2. The fraction of sp³-hybridized carbons (Fsp3) is 0.533. The van der Waals surface area contributed by atoms with Crippen molar-refractivity contribution in [2.24, 2.45) is 5.92 Å². The number of nitrogens with one attached hydrogen (secondary N) is 1. The van der Waals surface area contributed by atoms with Crippen molar-refractivity contribution in [3.05, 3.63) is 30.5 Å². The molecule has 0 bridgehead atoms. The molecule has 0 aliphatic rings. The average molecular weight is 245 g/mol. The van der Waals surface area contributed by atoms with E-state index in [4.69, 9.17) is 0 Å². The van der Waals surface area contributed by atoms with Gasteiger partial charge in [-0.05, 0) is 24.9 Å². The number of benzene rings is 1. The van der Waals surface area contributed by atoms with Crippen molar-refractivity contribution in [1.82, 2.24) is 15.1 Å². The molecule has 0 amide bonds. The molecule has 0 saturated heterocycles. The molecule has 1 N–H and O–H groups in total. The summed E-state index contributed by atoms with van der Waals surface area (Å²) in [7, 11) is 0. The summed E-state index contributed by atoms with van der Waals surface area (Å²) in [6.45, 7) is 8.74. The van der Waals surface area contributed by atoms with Gasteiger partial charge >= 0.3 is 0 Å². The Labute approximate surface area is 109 Å². The molecule has 98 valence electrons. The van der Waals surface area contributed by atoms with E-state index in [1.807, 2.05) is 6.20 Å². The lowest BCUT2D eigenvalue weighted by Gasteiger charge is -2.18. The Morgan fingerprint density at radius 1 is 1.22 bits per heavy atom. The van der Waals surface area contributed by atoms with E-state index in [1.54, 1.807) is 0 Å². The van der Waals surface area contributed by atoms with Gasteiger partial charge < -0.3 is 5.32 Å². The van der Waals surface area contributed by atoms with Gasteiger partial charge in [0.25, 0.3) is 0 Å². The van der Waals surface area contributed by atoms with E-state index in [2.05, 4.69) is 60.1 Å². The van der Waals surface area contributed by atoms with Gasteiger partial charge in [-0.3, -0.25) is 4.68 Å². The Hall–Kier alpha value is -1.35. The normalized spacial score (nSPS) is 13.3. The molecule has 1 heterocycles. The number of hydrogen-bond donors (Lipinski definition) is 1. The highest BCUT2D eigenvalue weighted by Gasteiger charge is 2.12. The molecule has 2 aromatic rings. The molecule has 0 fully saturated rings. The molecule has 3 nitrogen and oxygen atoms in total. The van der Waals surface area contributed by atoms with Crippen molar-refractivity contribution in [1.29, 1.82) is 0 Å². The minimum Gasteiger partial charge on any atom is -0.314 e. The van der Waals surface area contributed by atoms with E-state index in [9.17, 15) is 0 Å². The lowest BCUT2D eigenvalue weighted by Crippen LogP contribution is -2.28. The Kier molecular flexibility index (Phi) is 4.37. The number of fused-ring (bicyclic) bond motifs is 1. The minimum atomic E-state index is 0.434. The Balaban J connectivity index is 2.12. The second-order valence-electron chi connectivity index (χ2n) is 5.26. The number of rotatable bonds is 6. The number of nitrogens with zero attached hydrogens (tertiary/aromatic N) is 2. The molecule has 1 atom stereocenters. The fourth-order valence-corrected chi connectivity index (χ4v) is 2.23. The zero-order valence-corrected chi connectivity index (χ0v) is 11.6. The van der Waals surface area contributed by atoms with E-state index >= 15 is 0 Å². The quantitative estimate of drug-likeness (QED) is 0.846. The predicted octanol–water partition coefficient (Wildman–Crippen LogP) is 3.23.